The molecule has 0 amide bonds. The number of rotatable bonds is 8. The van der Waals surface area contributed by atoms with Crippen molar-refractivity contribution in [1.29, 1.82) is 0 Å². The van der Waals surface area contributed by atoms with Crippen LogP contribution in [0.3, 0.4) is 0 Å². The van der Waals surface area contributed by atoms with Crippen LogP contribution in [-0.2, 0) is 25.4 Å². The number of hydrogen-bond acceptors (Lipinski definition) is 7. The molecule has 0 aliphatic rings. The van der Waals surface area contributed by atoms with Gasteiger partial charge in [0.15, 0.2) is 0 Å². The van der Waals surface area contributed by atoms with Gasteiger partial charge in [-0.2, -0.15) is 0 Å². The highest BCUT2D eigenvalue weighted by Gasteiger charge is 2.06. The molecule has 0 spiro atoms. The lowest BCUT2D eigenvalue weighted by Gasteiger charge is -2.01. The van der Waals surface area contributed by atoms with Crippen molar-refractivity contribution in [3.8, 4) is 0 Å². The second-order valence-corrected chi connectivity index (χ2v) is 4.01. The fourth-order valence-corrected chi connectivity index (χ4v) is 1.27. The molecule has 0 saturated carbocycles. The average molecular weight is 313 g/mol. The first kappa shape index (κ1) is 20.1. The summed E-state index contributed by atoms with van der Waals surface area (Å²) in [6.45, 7) is 0.0274. The number of methoxy groups -OCH3 is 1. The standard InChI is InChI=1S/C8H11BO3.C5H9NO4/c10-9(11)12-7-6-8-4-2-1-3-5-8;1-10-5(9)3-6-2-4(7)8/h1-5,10-11H,6-7H2;6H,2-3H2,1H3,(H,7,8). The van der Waals surface area contributed by atoms with E-state index in [-0.39, 0.29) is 13.1 Å². The van der Waals surface area contributed by atoms with Crippen molar-refractivity contribution in [2.45, 2.75) is 6.42 Å². The summed E-state index contributed by atoms with van der Waals surface area (Å²) in [6.07, 6.45) is 0.693. The van der Waals surface area contributed by atoms with Crippen molar-refractivity contribution in [2.75, 3.05) is 26.8 Å². The van der Waals surface area contributed by atoms with Gasteiger partial charge < -0.3 is 24.5 Å². The zero-order valence-electron chi connectivity index (χ0n) is 12.3. The number of aliphatic carboxylic acids is 1. The summed E-state index contributed by atoms with van der Waals surface area (Å²) in [5.74, 6) is -1.47. The maximum atomic E-state index is 10.3. The van der Waals surface area contributed by atoms with E-state index in [1.165, 1.54) is 7.11 Å². The summed E-state index contributed by atoms with van der Waals surface area (Å²) >= 11 is 0. The number of nitrogens with one attached hydrogen (secondary N) is 1. The Bertz CT molecular complexity index is 428. The maximum Gasteiger partial charge on any atom is 0.633 e. The first-order chi connectivity index (χ1) is 10.5. The van der Waals surface area contributed by atoms with Crippen LogP contribution in [0.25, 0.3) is 0 Å². The van der Waals surface area contributed by atoms with Gasteiger partial charge in [-0.25, -0.2) is 0 Å². The zero-order valence-corrected chi connectivity index (χ0v) is 12.3. The molecule has 0 radical (unpaired) electrons. The highest BCUT2D eigenvalue weighted by Crippen LogP contribution is 1.99. The normalized spacial score (nSPS) is 9.41. The number of benzene rings is 1. The Morgan fingerprint density at radius 1 is 1.18 bits per heavy atom. The van der Waals surface area contributed by atoms with Gasteiger partial charge in [-0.15, -0.1) is 0 Å². The molecule has 22 heavy (non-hydrogen) atoms. The Hall–Kier alpha value is -1.94. The molecule has 1 aromatic rings. The van der Waals surface area contributed by atoms with E-state index in [1.54, 1.807) is 0 Å². The maximum absolute atomic E-state index is 10.3. The van der Waals surface area contributed by atoms with Crippen LogP contribution in [0.5, 0.6) is 0 Å². The van der Waals surface area contributed by atoms with Crippen molar-refractivity contribution in [2.24, 2.45) is 0 Å². The summed E-state index contributed by atoms with van der Waals surface area (Å²) in [5, 5.41) is 27.2. The summed E-state index contributed by atoms with van der Waals surface area (Å²) in [6, 6.07) is 9.74. The number of esters is 1. The molecule has 1 rings (SSSR count). The van der Waals surface area contributed by atoms with Crippen molar-refractivity contribution in [1.82, 2.24) is 5.32 Å². The third-order valence-corrected chi connectivity index (χ3v) is 2.27. The fraction of sp³-hybridized carbons (Fsp3) is 0.385. The van der Waals surface area contributed by atoms with Crippen LogP contribution in [0.4, 0.5) is 0 Å². The molecule has 0 aliphatic heterocycles. The van der Waals surface area contributed by atoms with Gasteiger partial charge >= 0.3 is 19.3 Å². The number of carboxylic acids is 1. The minimum Gasteiger partial charge on any atom is -0.480 e. The molecule has 0 unspecified atom stereocenters. The van der Waals surface area contributed by atoms with E-state index >= 15 is 0 Å². The SMILES string of the molecule is COC(=O)CNCC(=O)O.OB(O)OCCc1ccccc1. The topological polar surface area (TPSA) is 125 Å². The van der Waals surface area contributed by atoms with E-state index < -0.39 is 19.3 Å². The number of carboxylic acid groups (broad SMARTS) is 1. The van der Waals surface area contributed by atoms with Gasteiger partial charge in [-0.05, 0) is 12.0 Å². The predicted octanol–water partition coefficient (Wildman–Crippen LogP) is -0.951. The van der Waals surface area contributed by atoms with Crippen LogP contribution in [0, 0.1) is 0 Å². The molecule has 0 aliphatic carbocycles. The van der Waals surface area contributed by atoms with E-state index in [0.29, 0.717) is 13.0 Å². The van der Waals surface area contributed by atoms with Crippen LogP contribution in [0.15, 0.2) is 30.3 Å². The number of ether oxygens (including phenoxy) is 1. The third-order valence-electron chi connectivity index (χ3n) is 2.27. The summed E-state index contributed by atoms with van der Waals surface area (Å²) in [7, 11) is -0.418. The molecule has 0 atom stereocenters. The van der Waals surface area contributed by atoms with Crippen LogP contribution in [0.1, 0.15) is 5.56 Å². The minimum atomic E-state index is -1.66. The second kappa shape index (κ2) is 12.8. The van der Waals surface area contributed by atoms with Gasteiger partial charge in [0.05, 0.1) is 20.2 Å². The van der Waals surface area contributed by atoms with Crippen molar-refractivity contribution in [3.05, 3.63) is 35.9 Å². The lowest BCUT2D eigenvalue weighted by atomic mass is 10.1. The van der Waals surface area contributed by atoms with E-state index in [9.17, 15) is 9.59 Å². The molecule has 0 fully saturated rings. The molecular formula is C13H20BNO7. The highest BCUT2D eigenvalue weighted by atomic mass is 16.6. The molecule has 1 aromatic carbocycles. The Balaban J connectivity index is 0.000000409. The summed E-state index contributed by atoms with van der Waals surface area (Å²) in [5.41, 5.74) is 1.12. The molecular weight excluding hydrogens is 293 g/mol. The molecule has 8 nitrogen and oxygen atoms in total. The van der Waals surface area contributed by atoms with Gasteiger partial charge in [0, 0.05) is 6.61 Å². The van der Waals surface area contributed by atoms with Crippen molar-refractivity contribution >= 4 is 19.3 Å². The van der Waals surface area contributed by atoms with Gasteiger partial charge in [0.1, 0.15) is 0 Å². The average Bonchev–Trinajstić information content (AvgIpc) is 2.48. The Morgan fingerprint density at radius 3 is 2.32 bits per heavy atom. The second-order valence-electron chi connectivity index (χ2n) is 4.01. The lowest BCUT2D eigenvalue weighted by Crippen LogP contribution is -2.28. The minimum absolute atomic E-state index is 0.0667. The highest BCUT2D eigenvalue weighted by molar-refractivity contribution is 6.32. The van der Waals surface area contributed by atoms with Crippen molar-refractivity contribution in [3.63, 3.8) is 0 Å². The van der Waals surface area contributed by atoms with E-state index in [2.05, 4.69) is 14.7 Å². The quantitative estimate of drug-likeness (QED) is 0.357. The summed E-state index contributed by atoms with van der Waals surface area (Å²) < 4.78 is 8.79. The van der Waals surface area contributed by atoms with Gasteiger partial charge in [0.2, 0.25) is 0 Å². The molecule has 0 heterocycles. The van der Waals surface area contributed by atoms with Gasteiger partial charge in [-0.1, -0.05) is 30.3 Å². The molecule has 9 heteroatoms. The Kier molecular flexibility index (Phi) is 11.7. The third kappa shape index (κ3) is 13.1. The van der Waals surface area contributed by atoms with Crippen LogP contribution >= 0.6 is 0 Å². The zero-order chi connectivity index (χ0) is 16.8. The monoisotopic (exact) mass is 313 g/mol. The molecule has 0 aromatic heterocycles. The lowest BCUT2D eigenvalue weighted by molar-refractivity contribution is -0.140. The fourth-order valence-electron chi connectivity index (χ4n) is 1.27. The molecule has 122 valence electrons. The smallest absolute Gasteiger partial charge is 0.480 e. The molecule has 0 bridgehead atoms. The molecule has 4 N–H and O–H groups in total. The van der Waals surface area contributed by atoms with E-state index in [0.717, 1.165) is 5.56 Å². The molecule has 0 saturated heterocycles. The van der Waals surface area contributed by atoms with Crippen molar-refractivity contribution < 1.29 is 34.1 Å². The number of carbonyl (C=O) groups excluding carboxylic acids is 1. The summed E-state index contributed by atoms with van der Waals surface area (Å²) in [4.78, 5) is 20.2. The van der Waals surface area contributed by atoms with Crippen LogP contribution in [-0.4, -0.2) is 61.2 Å². The first-order valence-corrected chi connectivity index (χ1v) is 6.46. The van der Waals surface area contributed by atoms with Crippen LogP contribution < -0.4 is 5.32 Å². The first-order valence-electron chi connectivity index (χ1n) is 6.46. The van der Waals surface area contributed by atoms with Crippen LogP contribution in [0.2, 0.25) is 0 Å². The Labute approximate surface area is 128 Å². The number of carbonyl (C=O) groups is 2. The van der Waals surface area contributed by atoms with Gasteiger partial charge in [0.25, 0.3) is 0 Å². The van der Waals surface area contributed by atoms with Gasteiger partial charge in [-0.3, -0.25) is 14.9 Å². The Morgan fingerprint density at radius 2 is 1.82 bits per heavy atom. The number of hydrogen-bond donors (Lipinski definition) is 4. The largest absolute Gasteiger partial charge is 0.633 e. The van der Waals surface area contributed by atoms with E-state index in [4.69, 9.17) is 15.2 Å². The predicted molar refractivity (Wildman–Crippen MR) is 78.8 cm³/mol. The van der Waals surface area contributed by atoms with E-state index in [1.807, 2.05) is 30.3 Å².